The van der Waals surface area contributed by atoms with Crippen molar-refractivity contribution in [3.63, 3.8) is 0 Å². The van der Waals surface area contributed by atoms with E-state index in [2.05, 4.69) is 6.58 Å². The molecule has 0 heterocycles. The lowest BCUT2D eigenvalue weighted by Crippen LogP contribution is -2.01. The van der Waals surface area contributed by atoms with Crippen molar-refractivity contribution in [3.8, 4) is 0 Å². The molecule has 0 atom stereocenters. The Hall–Kier alpha value is -1.25. The maximum absolute atomic E-state index is 10.2. The number of carbonyl (C=O) groups is 1. The Kier molecular flexibility index (Phi) is 4.03. The molecule has 3 heteroatoms. The number of aliphatic carboxylic acids is 1. The van der Waals surface area contributed by atoms with Crippen molar-refractivity contribution >= 4 is 5.97 Å². The quantitative estimate of drug-likeness (QED) is 0.618. The molecule has 0 bridgehead atoms. The summed E-state index contributed by atoms with van der Waals surface area (Å²) in [7, 11) is 3.75. The number of nitrogens with zero attached hydrogens (tertiary/aromatic N) is 1. The Bertz CT molecular complexity index is 183. The molecule has 0 aliphatic carbocycles. The van der Waals surface area contributed by atoms with Crippen molar-refractivity contribution in [1.29, 1.82) is 0 Å². The molecule has 3 nitrogen and oxygen atoms in total. The van der Waals surface area contributed by atoms with Crippen LogP contribution in [0.25, 0.3) is 0 Å². The van der Waals surface area contributed by atoms with E-state index in [1.165, 1.54) is 0 Å². The second-order valence-corrected chi connectivity index (χ2v) is 2.46. The number of rotatable bonds is 4. The zero-order valence-electron chi connectivity index (χ0n) is 6.87. The van der Waals surface area contributed by atoms with Gasteiger partial charge in [-0.1, -0.05) is 12.7 Å². The molecule has 0 aromatic heterocycles. The van der Waals surface area contributed by atoms with E-state index in [0.717, 1.165) is 0 Å². The molecular formula is C8H13NO2. The van der Waals surface area contributed by atoms with Gasteiger partial charge in [0.15, 0.2) is 0 Å². The van der Waals surface area contributed by atoms with Gasteiger partial charge in [-0.05, 0) is 12.6 Å². The average molecular weight is 155 g/mol. The highest BCUT2D eigenvalue weighted by Gasteiger charge is 1.99. The van der Waals surface area contributed by atoms with Gasteiger partial charge in [0, 0.05) is 19.7 Å². The number of carboxylic acid groups (broad SMARTS) is 1. The Balaban J connectivity index is 3.71. The minimum Gasteiger partial charge on any atom is -0.478 e. The molecule has 0 aliphatic heterocycles. The Morgan fingerprint density at radius 1 is 1.64 bits per heavy atom. The minimum atomic E-state index is -0.937. The molecule has 1 N–H and O–H groups in total. The normalized spacial score (nSPS) is 10.0. The van der Waals surface area contributed by atoms with Crippen LogP contribution < -0.4 is 0 Å². The number of hydrogen-bond acceptors (Lipinski definition) is 2. The van der Waals surface area contributed by atoms with Crippen LogP contribution in [0.4, 0.5) is 0 Å². The van der Waals surface area contributed by atoms with Gasteiger partial charge in [0.2, 0.25) is 0 Å². The lowest BCUT2D eigenvalue weighted by Gasteiger charge is -2.02. The van der Waals surface area contributed by atoms with E-state index in [4.69, 9.17) is 5.11 Å². The molecule has 0 fully saturated rings. The zero-order valence-corrected chi connectivity index (χ0v) is 6.87. The van der Waals surface area contributed by atoms with Crippen molar-refractivity contribution in [1.82, 2.24) is 4.90 Å². The van der Waals surface area contributed by atoms with Crippen LogP contribution in [0.3, 0.4) is 0 Å². The average Bonchev–Trinajstić information content (AvgIpc) is 1.86. The van der Waals surface area contributed by atoms with E-state index in [-0.39, 0.29) is 5.57 Å². The first-order valence-electron chi connectivity index (χ1n) is 3.28. The van der Waals surface area contributed by atoms with Crippen LogP contribution >= 0.6 is 0 Å². The van der Waals surface area contributed by atoms with Crippen LogP contribution in [0, 0.1) is 0 Å². The molecule has 0 saturated carbocycles. The summed E-state index contributed by atoms with van der Waals surface area (Å²) in [6, 6.07) is 0. The summed E-state index contributed by atoms with van der Waals surface area (Å²) in [5.74, 6) is -0.937. The van der Waals surface area contributed by atoms with Gasteiger partial charge in [-0.15, -0.1) is 0 Å². The standard InChI is InChI=1S/C8H13NO2/c1-7(8(10)11)5-4-6-9(2)3/h4,6H,1,5H2,2-3H3,(H,10,11). The minimum absolute atomic E-state index is 0.211. The van der Waals surface area contributed by atoms with Crippen LogP contribution in [-0.4, -0.2) is 30.1 Å². The molecule has 0 amide bonds. The third-order valence-corrected chi connectivity index (χ3v) is 1.07. The van der Waals surface area contributed by atoms with Crippen molar-refractivity contribution in [2.75, 3.05) is 14.1 Å². The predicted octanol–water partition coefficient (Wildman–Crippen LogP) is 1.09. The summed E-state index contributed by atoms with van der Waals surface area (Å²) in [4.78, 5) is 12.1. The highest BCUT2D eigenvalue weighted by Crippen LogP contribution is 1.98. The van der Waals surface area contributed by atoms with Gasteiger partial charge in [-0.2, -0.15) is 0 Å². The Morgan fingerprint density at radius 3 is 2.55 bits per heavy atom. The second kappa shape index (κ2) is 4.55. The van der Waals surface area contributed by atoms with Crippen LogP contribution in [-0.2, 0) is 4.79 Å². The van der Waals surface area contributed by atoms with Crippen molar-refractivity contribution in [3.05, 3.63) is 24.4 Å². The summed E-state index contributed by atoms with van der Waals surface area (Å²) >= 11 is 0. The van der Waals surface area contributed by atoms with Gasteiger partial charge in [0.05, 0.1) is 0 Å². The van der Waals surface area contributed by atoms with Crippen LogP contribution in [0.5, 0.6) is 0 Å². The summed E-state index contributed by atoms with van der Waals surface area (Å²) in [5.41, 5.74) is 0.211. The third-order valence-electron chi connectivity index (χ3n) is 1.07. The van der Waals surface area contributed by atoms with E-state index in [1.807, 2.05) is 19.0 Å². The molecule has 0 spiro atoms. The van der Waals surface area contributed by atoms with Crippen molar-refractivity contribution in [2.24, 2.45) is 0 Å². The molecule has 11 heavy (non-hydrogen) atoms. The highest BCUT2D eigenvalue weighted by atomic mass is 16.4. The fourth-order valence-electron chi connectivity index (χ4n) is 0.493. The van der Waals surface area contributed by atoms with Gasteiger partial charge in [-0.3, -0.25) is 0 Å². The molecule has 62 valence electrons. The van der Waals surface area contributed by atoms with Crippen LogP contribution in [0.15, 0.2) is 24.4 Å². The van der Waals surface area contributed by atoms with E-state index in [9.17, 15) is 4.79 Å². The molecule has 0 aromatic carbocycles. The third kappa shape index (κ3) is 5.21. The summed E-state index contributed by atoms with van der Waals surface area (Å²) < 4.78 is 0. The van der Waals surface area contributed by atoms with Gasteiger partial charge >= 0.3 is 5.97 Å². The lowest BCUT2D eigenvalue weighted by atomic mass is 10.2. The maximum atomic E-state index is 10.2. The van der Waals surface area contributed by atoms with Gasteiger partial charge < -0.3 is 10.0 Å². The fourth-order valence-corrected chi connectivity index (χ4v) is 0.493. The van der Waals surface area contributed by atoms with E-state index >= 15 is 0 Å². The monoisotopic (exact) mass is 155 g/mol. The maximum Gasteiger partial charge on any atom is 0.331 e. The van der Waals surface area contributed by atoms with Gasteiger partial charge in [0.1, 0.15) is 0 Å². The van der Waals surface area contributed by atoms with Crippen molar-refractivity contribution in [2.45, 2.75) is 6.42 Å². The second-order valence-electron chi connectivity index (χ2n) is 2.46. The molecule has 0 unspecified atom stereocenters. The van der Waals surface area contributed by atoms with Crippen LogP contribution in [0.1, 0.15) is 6.42 Å². The number of carboxylic acids is 1. The summed E-state index contributed by atoms with van der Waals surface area (Å²) in [5, 5.41) is 8.40. The van der Waals surface area contributed by atoms with Gasteiger partial charge in [0.25, 0.3) is 0 Å². The highest BCUT2D eigenvalue weighted by molar-refractivity contribution is 5.85. The van der Waals surface area contributed by atoms with Crippen molar-refractivity contribution < 1.29 is 9.90 Å². The Labute approximate surface area is 66.6 Å². The van der Waals surface area contributed by atoms with E-state index in [0.29, 0.717) is 6.42 Å². The first-order valence-corrected chi connectivity index (χ1v) is 3.28. The first-order chi connectivity index (χ1) is 5.04. The largest absolute Gasteiger partial charge is 0.478 e. The topological polar surface area (TPSA) is 40.5 Å². The molecule has 0 saturated heterocycles. The number of hydrogen-bond donors (Lipinski definition) is 1. The summed E-state index contributed by atoms with van der Waals surface area (Å²) in [6.45, 7) is 3.38. The lowest BCUT2D eigenvalue weighted by molar-refractivity contribution is -0.132. The molecular weight excluding hydrogens is 142 g/mol. The summed E-state index contributed by atoms with van der Waals surface area (Å²) in [6.07, 6.45) is 3.96. The number of allylic oxidation sites excluding steroid dienone is 1. The fraction of sp³-hybridized carbons (Fsp3) is 0.375. The zero-order chi connectivity index (χ0) is 8.85. The predicted molar refractivity (Wildman–Crippen MR) is 44.2 cm³/mol. The SMILES string of the molecule is C=C(CC=CN(C)C)C(=O)O. The molecule has 0 aromatic rings. The molecule has 0 aliphatic rings. The molecule has 0 rings (SSSR count). The van der Waals surface area contributed by atoms with Gasteiger partial charge in [-0.25, -0.2) is 4.79 Å². The van der Waals surface area contributed by atoms with E-state index < -0.39 is 5.97 Å². The van der Waals surface area contributed by atoms with E-state index in [1.54, 1.807) is 12.3 Å². The molecule has 0 radical (unpaired) electrons. The first kappa shape index (κ1) is 9.75. The smallest absolute Gasteiger partial charge is 0.331 e. The van der Waals surface area contributed by atoms with Crippen LogP contribution in [0.2, 0.25) is 0 Å². The Morgan fingerprint density at radius 2 is 2.18 bits per heavy atom.